The zero-order valence-corrected chi connectivity index (χ0v) is 16.8. The van der Waals surface area contributed by atoms with Crippen molar-refractivity contribution in [1.29, 1.82) is 0 Å². The summed E-state index contributed by atoms with van der Waals surface area (Å²) in [7, 11) is 1.46. The number of ether oxygens (including phenoxy) is 3. The molecule has 0 amide bonds. The van der Waals surface area contributed by atoms with E-state index in [0.717, 1.165) is 0 Å². The van der Waals surface area contributed by atoms with Gasteiger partial charge in [-0.15, -0.1) is 0 Å². The first kappa shape index (κ1) is 19.6. The predicted molar refractivity (Wildman–Crippen MR) is 96.8 cm³/mol. The fourth-order valence-electron chi connectivity index (χ4n) is 6.33. The minimum absolute atomic E-state index is 0.0932. The maximum atomic E-state index is 12.7. The quantitative estimate of drug-likeness (QED) is 0.576. The van der Waals surface area contributed by atoms with Gasteiger partial charge in [-0.2, -0.15) is 0 Å². The van der Waals surface area contributed by atoms with Crippen LogP contribution in [0.5, 0.6) is 0 Å². The Hall–Kier alpha value is -1.73. The van der Waals surface area contributed by atoms with Crippen LogP contribution in [-0.4, -0.2) is 47.9 Å². The molecule has 7 heteroatoms. The van der Waals surface area contributed by atoms with Crippen LogP contribution in [0.1, 0.15) is 52.9 Å². The number of cyclic esters (lactones) is 1. The SMILES string of the molecule is COC1C=C(CC[C@@]2(O)[C@H](C)C[C@H]3OC(=O)[C@@]4(C)C(=O)CC[C@@]2(C)[C@@H]34)C(=O)O1. The van der Waals surface area contributed by atoms with Gasteiger partial charge in [-0.05, 0) is 44.6 Å². The molecule has 0 radical (unpaired) electrons. The fourth-order valence-corrected chi connectivity index (χ4v) is 6.33. The molecule has 3 fully saturated rings. The Labute approximate surface area is 164 Å². The molecule has 28 heavy (non-hydrogen) atoms. The smallest absolute Gasteiger partial charge is 0.336 e. The van der Waals surface area contributed by atoms with Gasteiger partial charge >= 0.3 is 11.9 Å². The molecular formula is C21H28O7. The third-order valence-electron chi connectivity index (χ3n) is 8.03. The summed E-state index contributed by atoms with van der Waals surface area (Å²) >= 11 is 0. The lowest BCUT2D eigenvalue weighted by Crippen LogP contribution is -2.66. The molecule has 154 valence electrons. The lowest BCUT2D eigenvalue weighted by atomic mass is 9.43. The minimum Gasteiger partial charge on any atom is -0.461 e. The highest BCUT2D eigenvalue weighted by molar-refractivity contribution is 6.06. The Morgan fingerprint density at radius 2 is 1.96 bits per heavy atom. The van der Waals surface area contributed by atoms with Crippen molar-refractivity contribution in [2.24, 2.45) is 22.7 Å². The Morgan fingerprint density at radius 3 is 2.61 bits per heavy atom. The molecule has 1 N–H and O–H groups in total. The lowest BCUT2D eigenvalue weighted by Gasteiger charge is -2.60. The molecule has 0 aromatic carbocycles. The minimum atomic E-state index is -1.20. The molecule has 2 saturated carbocycles. The van der Waals surface area contributed by atoms with E-state index in [1.54, 1.807) is 13.0 Å². The van der Waals surface area contributed by atoms with Crippen LogP contribution in [0.4, 0.5) is 0 Å². The number of hydrogen-bond acceptors (Lipinski definition) is 7. The van der Waals surface area contributed by atoms with Crippen LogP contribution in [0.15, 0.2) is 11.6 Å². The summed E-state index contributed by atoms with van der Waals surface area (Å²) in [5, 5.41) is 11.9. The van der Waals surface area contributed by atoms with Crippen molar-refractivity contribution >= 4 is 17.7 Å². The maximum absolute atomic E-state index is 12.7. The molecule has 0 bridgehead atoms. The van der Waals surface area contributed by atoms with Crippen molar-refractivity contribution in [3.8, 4) is 0 Å². The zero-order chi connectivity index (χ0) is 20.5. The predicted octanol–water partition coefficient (Wildman–Crippen LogP) is 1.91. The number of methoxy groups -OCH3 is 1. The van der Waals surface area contributed by atoms with Gasteiger partial charge < -0.3 is 19.3 Å². The van der Waals surface area contributed by atoms with Crippen molar-refractivity contribution in [2.45, 2.75) is 70.9 Å². The van der Waals surface area contributed by atoms with Gasteiger partial charge in [0.15, 0.2) is 0 Å². The topological polar surface area (TPSA) is 99.1 Å². The Kier molecular flexibility index (Phi) is 4.29. The number of rotatable bonds is 4. The van der Waals surface area contributed by atoms with E-state index >= 15 is 0 Å². The van der Waals surface area contributed by atoms with Crippen LogP contribution in [0.25, 0.3) is 0 Å². The fraction of sp³-hybridized carbons (Fsp3) is 0.762. The molecular weight excluding hydrogens is 364 g/mol. The van der Waals surface area contributed by atoms with E-state index in [1.807, 2.05) is 13.8 Å². The van der Waals surface area contributed by atoms with Crippen molar-refractivity contribution in [3.63, 3.8) is 0 Å². The molecule has 4 aliphatic rings. The summed E-state index contributed by atoms with van der Waals surface area (Å²) in [6.45, 7) is 5.61. The van der Waals surface area contributed by atoms with Crippen LogP contribution in [-0.2, 0) is 28.6 Å². The van der Waals surface area contributed by atoms with Crippen LogP contribution in [0, 0.1) is 22.7 Å². The standard InChI is InChI=1S/C21H28O7/c1-11-9-13-16-19(2,7-6-14(22)20(16,3)18(24)27-13)21(11,25)8-5-12-10-15(26-4)28-17(12)23/h10-11,13,15-16,25H,5-9H2,1-4H3/t11-,13-,15?,16-,19+,20+,21-/m1/s1. The third kappa shape index (κ3) is 2.32. The van der Waals surface area contributed by atoms with Gasteiger partial charge in [0.25, 0.3) is 0 Å². The number of carbonyl (C=O) groups is 3. The van der Waals surface area contributed by atoms with E-state index in [9.17, 15) is 19.5 Å². The Bertz CT molecular complexity index is 773. The summed E-state index contributed by atoms with van der Waals surface area (Å²) in [5.74, 6) is -1.47. The highest BCUT2D eigenvalue weighted by Gasteiger charge is 2.73. The molecule has 0 aromatic rings. The monoisotopic (exact) mass is 392 g/mol. The first-order valence-electron chi connectivity index (χ1n) is 9.99. The van der Waals surface area contributed by atoms with Crippen molar-refractivity contribution in [2.75, 3.05) is 7.11 Å². The largest absolute Gasteiger partial charge is 0.461 e. The normalized spacial score (nSPS) is 47.5. The molecule has 2 aliphatic carbocycles. The summed E-state index contributed by atoms with van der Waals surface area (Å²) in [4.78, 5) is 37.4. The van der Waals surface area contributed by atoms with E-state index in [4.69, 9.17) is 14.2 Å². The number of hydrogen-bond donors (Lipinski definition) is 1. The van der Waals surface area contributed by atoms with Gasteiger partial charge in [-0.1, -0.05) is 13.8 Å². The molecule has 4 rings (SSSR count). The second-order valence-electron chi connectivity index (χ2n) is 9.23. The van der Waals surface area contributed by atoms with Crippen molar-refractivity contribution < 1.29 is 33.7 Å². The van der Waals surface area contributed by atoms with Crippen molar-refractivity contribution in [3.05, 3.63) is 11.6 Å². The number of carbonyl (C=O) groups excluding carboxylic acids is 3. The molecule has 1 saturated heterocycles. The summed E-state index contributed by atoms with van der Waals surface area (Å²) < 4.78 is 15.8. The van der Waals surface area contributed by atoms with Crippen LogP contribution in [0.3, 0.4) is 0 Å². The molecule has 1 unspecified atom stereocenters. The zero-order valence-electron chi connectivity index (χ0n) is 16.8. The van der Waals surface area contributed by atoms with Crippen LogP contribution in [0.2, 0.25) is 0 Å². The average molecular weight is 392 g/mol. The number of Topliss-reactive ketones (excluding diaryl/α,β-unsaturated/α-hetero) is 1. The van der Waals surface area contributed by atoms with E-state index in [2.05, 4.69) is 0 Å². The highest BCUT2D eigenvalue weighted by atomic mass is 16.7. The molecule has 2 aliphatic heterocycles. The maximum Gasteiger partial charge on any atom is 0.336 e. The van der Waals surface area contributed by atoms with Crippen LogP contribution < -0.4 is 0 Å². The second kappa shape index (κ2) is 6.13. The van der Waals surface area contributed by atoms with Gasteiger partial charge in [0.05, 0.1) is 5.60 Å². The Balaban J connectivity index is 1.66. The summed E-state index contributed by atoms with van der Waals surface area (Å²) in [6, 6.07) is 0. The molecule has 0 aromatic heterocycles. The van der Waals surface area contributed by atoms with E-state index in [0.29, 0.717) is 31.3 Å². The molecule has 7 nitrogen and oxygen atoms in total. The van der Waals surface area contributed by atoms with Gasteiger partial charge in [-0.3, -0.25) is 9.59 Å². The molecule has 7 atom stereocenters. The van der Waals surface area contributed by atoms with Gasteiger partial charge in [0.2, 0.25) is 6.29 Å². The van der Waals surface area contributed by atoms with Crippen LogP contribution >= 0.6 is 0 Å². The summed E-state index contributed by atoms with van der Waals surface area (Å²) in [5.41, 5.74) is -2.49. The number of esters is 2. The Morgan fingerprint density at radius 1 is 1.25 bits per heavy atom. The molecule has 2 heterocycles. The van der Waals surface area contributed by atoms with Gasteiger partial charge in [0.1, 0.15) is 17.3 Å². The first-order valence-corrected chi connectivity index (χ1v) is 9.99. The van der Waals surface area contributed by atoms with Gasteiger partial charge in [0, 0.05) is 30.4 Å². The number of ketones is 1. The first-order chi connectivity index (χ1) is 13.1. The highest BCUT2D eigenvalue weighted by Crippen LogP contribution is 2.66. The van der Waals surface area contributed by atoms with E-state index in [1.165, 1.54) is 7.11 Å². The lowest BCUT2D eigenvalue weighted by molar-refractivity contribution is -0.215. The van der Waals surface area contributed by atoms with Gasteiger partial charge in [-0.25, -0.2) is 4.79 Å². The van der Waals surface area contributed by atoms with E-state index < -0.39 is 34.7 Å². The van der Waals surface area contributed by atoms with E-state index in [-0.39, 0.29) is 30.1 Å². The third-order valence-corrected chi connectivity index (χ3v) is 8.03. The number of aliphatic hydroxyl groups is 1. The summed E-state index contributed by atoms with van der Waals surface area (Å²) in [6.07, 6.45) is 2.57. The van der Waals surface area contributed by atoms with Crippen molar-refractivity contribution in [1.82, 2.24) is 0 Å². The second-order valence-corrected chi connectivity index (χ2v) is 9.23. The molecule has 0 spiro atoms. The average Bonchev–Trinajstić information content (AvgIpc) is 3.13.